The first-order valence-corrected chi connectivity index (χ1v) is 7.89. The second-order valence-corrected chi connectivity index (χ2v) is 5.76. The van der Waals surface area contributed by atoms with Crippen molar-refractivity contribution in [3.05, 3.63) is 18.1 Å². The Bertz CT molecular complexity index is 486. The predicted molar refractivity (Wildman–Crippen MR) is 85.6 cm³/mol. The maximum absolute atomic E-state index is 5.43. The Balaban J connectivity index is 1.60. The molecule has 0 spiro atoms. The Hall–Kier alpha value is -1.31. The normalized spacial score (nSPS) is 19.7. The highest BCUT2D eigenvalue weighted by Gasteiger charge is 2.15. The molecule has 3 rings (SSSR count). The molecule has 1 aromatic rings. The number of likely N-dealkylation sites (tertiary alicyclic amines) is 1. The number of nitrogens with one attached hydrogen (secondary N) is 1. The number of anilines is 1. The molecule has 2 fully saturated rings. The molecule has 3 heterocycles. The van der Waals surface area contributed by atoms with E-state index in [1.165, 1.54) is 12.8 Å². The minimum absolute atomic E-state index is 0.671. The lowest BCUT2D eigenvalue weighted by Gasteiger charge is -2.27. The molecule has 0 saturated carbocycles. The third-order valence-electron chi connectivity index (χ3n) is 3.85. The van der Waals surface area contributed by atoms with Gasteiger partial charge in [0.05, 0.1) is 32.3 Å². The van der Waals surface area contributed by atoms with Crippen molar-refractivity contribution in [2.24, 2.45) is 0 Å². The minimum Gasteiger partial charge on any atom is -0.378 e. The van der Waals surface area contributed by atoms with Crippen LogP contribution in [0.4, 0.5) is 5.82 Å². The van der Waals surface area contributed by atoms with Gasteiger partial charge in [-0.3, -0.25) is 9.88 Å². The average Bonchev–Trinajstić information content (AvgIpc) is 3.07. The van der Waals surface area contributed by atoms with E-state index in [0.717, 1.165) is 57.6 Å². The topological polar surface area (TPSA) is 53.5 Å². The first-order valence-electron chi connectivity index (χ1n) is 7.48. The molecule has 6 nitrogen and oxygen atoms in total. The van der Waals surface area contributed by atoms with Gasteiger partial charge in [0.1, 0.15) is 16.5 Å². The van der Waals surface area contributed by atoms with Crippen LogP contribution in [0.2, 0.25) is 0 Å². The summed E-state index contributed by atoms with van der Waals surface area (Å²) in [5, 5.41) is 3.28. The van der Waals surface area contributed by atoms with Crippen molar-refractivity contribution >= 4 is 23.0 Å². The monoisotopic (exact) mass is 307 g/mol. The van der Waals surface area contributed by atoms with Crippen molar-refractivity contribution in [3.63, 3.8) is 0 Å². The van der Waals surface area contributed by atoms with Gasteiger partial charge < -0.3 is 15.0 Å². The number of morpholine rings is 1. The summed E-state index contributed by atoms with van der Waals surface area (Å²) in [5.41, 5.74) is 0.744. The van der Waals surface area contributed by atoms with Crippen LogP contribution in [-0.4, -0.2) is 65.9 Å². The fourth-order valence-corrected chi connectivity index (χ4v) is 2.79. The lowest BCUT2D eigenvalue weighted by atomic mass is 10.4. The van der Waals surface area contributed by atoms with Crippen molar-refractivity contribution in [2.45, 2.75) is 12.8 Å². The molecule has 0 atom stereocenters. The van der Waals surface area contributed by atoms with Crippen molar-refractivity contribution in [1.82, 2.24) is 20.2 Å². The molecule has 0 radical (unpaired) electrons. The summed E-state index contributed by atoms with van der Waals surface area (Å²) < 4.78 is 5.36. The molecular formula is C14H21N5OS. The SMILES string of the molecule is S=C(NCN1CCCC1)c1cncc(N2CCOCC2)n1. The van der Waals surface area contributed by atoms with E-state index in [2.05, 4.69) is 25.1 Å². The third kappa shape index (κ3) is 3.87. The predicted octanol–water partition coefficient (Wildman–Crippen LogP) is 0.632. The van der Waals surface area contributed by atoms with E-state index in [-0.39, 0.29) is 0 Å². The minimum atomic E-state index is 0.671. The summed E-state index contributed by atoms with van der Waals surface area (Å²) in [6.07, 6.45) is 6.07. The van der Waals surface area contributed by atoms with Crippen LogP contribution >= 0.6 is 12.2 Å². The maximum Gasteiger partial charge on any atom is 0.148 e. The molecule has 1 N–H and O–H groups in total. The van der Waals surface area contributed by atoms with E-state index in [9.17, 15) is 0 Å². The fraction of sp³-hybridized carbons (Fsp3) is 0.643. The van der Waals surface area contributed by atoms with E-state index in [1.54, 1.807) is 12.4 Å². The number of ether oxygens (including phenoxy) is 1. The van der Waals surface area contributed by atoms with Gasteiger partial charge in [-0.1, -0.05) is 12.2 Å². The summed E-state index contributed by atoms with van der Waals surface area (Å²) in [5.74, 6) is 0.876. The van der Waals surface area contributed by atoms with Crippen LogP contribution in [0.15, 0.2) is 12.4 Å². The third-order valence-corrected chi connectivity index (χ3v) is 4.20. The molecule has 0 unspecified atom stereocenters. The molecular weight excluding hydrogens is 286 g/mol. The number of hydrogen-bond acceptors (Lipinski definition) is 6. The van der Waals surface area contributed by atoms with Crippen LogP contribution in [-0.2, 0) is 4.74 Å². The van der Waals surface area contributed by atoms with Crippen LogP contribution in [0.5, 0.6) is 0 Å². The van der Waals surface area contributed by atoms with Gasteiger partial charge in [-0.2, -0.15) is 0 Å². The molecule has 1 aromatic heterocycles. The highest BCUT2D eigenvalue weighted by atomic mass is 32.1. The van der Waals surface area contributed by atoms with Crippen molar-refractivity contribution in [2.75, 3.05) is 51.0 Å². The highest BCUT2D eigenvalue weighted by Crippen LogP contribution is 2.12. The van der Waals surface area contributed by atoms with E-state index in [4.69, 9.17) is 17.0 Å². The van der Waals surface area contributed by atoms with E-state index in [0.29, 0.717) is 4.99 Å². The Kier molecular flexibility index (Phi) is 4.95. The van der Waals surface area contributed by atoms with Gasteiger partial charge in [0.2, 0.25) is 0 Å². The molecule has 114 valence electrons. The first-order chi connectivity index (χ1) is 10.3. The number of rotatable bonds is 4. The summed E-state index contributed by atoms with van der Waals surface area (Å²) >= 11 is 5.43. The maximum atomic E-state index is 5.43. The quantitative estimate of drug-likeness (QED) is 0.819. The molecule has 0 aromatic carbocycles. The average molecular weight is 307 g/mol. The molecule has 0 bridgehead atoms. The standard InChI is InChI=1S/C14H21N5OS/c21-14(16-11-18-3-1-2-4-18)12-9-15-10-13(17-12)19-5-7-20-8-6-19/h9-10H,1-8,11H2,(H,16,21). The Morgan fingerprint density at radius 2 is 1.95 bits per heavy atom. The Morgan fingerprint density at radius 3 is 2.71 bits per heavy atom. The molecule has 0 aliphatic carbocycles. The van der Waals surface area contributed by atoms with Crippen LogP contribution in [0.3, 0.4) is 0 Å². The zero-order chi connectivity index (χ0) is 14.5. The first kappa shape index (κ1) is 14.6. The molecule has 7 heteroatoms. The smallest absolute Gasteiger partial charge is 0.148 e. The van der Waals surface area contributed by atoms with Crippen LogP contribution in [0.25, 0.3) is 0 Å². The molecule has 2 saturated heterocycles. The van der Waals surface area contributed by atoms with Gasteiger partial charge in [-0.05, 0) is 25.9 Å². The van der Waals surface area contributed by atoms with Gasteiger partial charge in [0.25, 0.3) is 0 Å². The highest BCUT2D eigenvalue weighted by molar-refractivity contribution is 7.80. The number of aromatic nitrogens is 2. The van der Waals surface area contributed by atoms with Gasteiger partial charge in [-0.15, -0.1) is 0 Å². The number of hydrogen-bond donors (Lipinski definition) is 1. The summed E-state index contributed by atoms with van der Waals surface area (Å²) in [4.78, 5) is 14.1. The second-order valence-electron chi connectivity index (χ2n) is 5.35. The van der Waals surface area contributed by atoms with Crippen molar-refractivity contribution < 1.29 is 4.74 Å². The second kappa shape index (κ2) is 7.11. The number of nitrogens with zero attached hydrogens (tertiary/aromatic N) is 4. The summed E-state index contributed by atoms with van der Waals surface area (Å²) in [7, 11) is 0. The van der Waals surface area contributed by atoms with E-state index in [1.807, 2.05) is 0 Å². The van der Waals surface area contributed by atoms with Crippen LogP contribution in [0, 0.1) is 0 Å². The zero-order valence-corrected chi connectivity index (χ0v) is 12.9. The fourth-order valence-electron chi connectivity index (χ4n) is 2.62. The molecule has 2 aliphatic rings. The van der Waals surface area contributed by atoms with Crippen molar-refractivity contribution in [1.29, 1.82) is 0 Å². The number of thiocarbonyl (C=S) groups is 1. The lowest BCUT2D eigenvalue weighted by molar-refractivity contribution is 0.122. The Labute approximate surface area is 130 Å². The Morgan fingerprint density at radius 1 is 1.19 bits per heavy atom. The zero-order valence-electron chi connectivity index (χ0n) is 12.1. The van der Waals surface area contributed by atoms with Crippen molar-refractivity contribution in [3.8, 4) is 0 Å². The van der Waals surface area contributed by atoms with Gasteiger partial charge in [0.15, 0.2) is 0 Å². The van der Waals surface area contributed by atoms with Gasteiger partial charge in [-0.25, -0.2) is 4.98 Å². The summed E-state index contributed by atoms with van der Waals surface area (Å²) in [6.45, 7) is 6.28. The largest absolute Gasteiger partial charge is 0.378 e. The van der Waals surface area contributed by atoms with E-state index < -0.39 is 0 Å². The van der Waals surface area contributed by atoms with Gasteiger partial charge >= 0.3 is 0 Å². The lowest BCUT2D eigenvalue weighted by Crippen LogP contribution is -2.38. The molecule has 0 amide bonds. The van der Waals surface area contributed by atoms with Crippen LogP contribution in [0.1, 0.15) is 18.5 Å². The summed E-state index contributed by atoms with van der Waals surface area (Å²) in [6, 6.07) is 0. The van der Waals surface area contributed by atoms with Gasteiger partial charge in [0, 0.05) is 13.1 Å². The molecule has 21 heavy (non-hydrogen) atoms. The van der Waals surface area contributed by atoms with Crippen LogP contribution < -0.4 is 10.2 Å². The molecule has 2 aliphatic heterocycles. The van der Waals surface area contributed by atoms with E-state index >= 15 is 0 Å².